The molecule has 2 rings (SSSR count). The van der Waals surface area contributed by atoms with Crippen LogP contribution >= 0.6 is 0 Å². The second-order valence-electron chi connectivity index (χ2n) is 4.33. The first-order chi connectivity index (χ1) is 10.1. The van der Waals surface area contributed by atoms with E-state index < -0.39 is 5.97 Å². The number of aromatic nitrogens is 1. The lowest BCUT2D eigenvalue weighted by Crippen LogP contribution is -2.20. The summed E-state index contributed by atoms with van der Waals surface area (Å²) in [7, 11) is 0. The van der Waals surface area contributed by atoms with Crippen LogP contribution in [0.15, 0.2) is 42.6 Å². The van der Waals surface area contributed by atoms with Gasteiger partial charge in [0.1, 0.15) is 18.0 Å². The van der Waals surface area contributed by atoms with E-state index in [0.717, 1.165) is 5.75 Å². The first-order valence-electron chi connectivity index (χ1n) is 6.51. The molecule has 110 valence electrons. The van der Waals surface area contributed by atoms with E-state index in [2.05, 4.69) is 5.32 Å². The number of hydrogen-bond donors (Lipinski definition) is 2. The number of anilines is 1. The topological polar surface area (TPSA) is 80.6 Å². The fraction of sp³-hybridized carbons (Fsp3) is 0.200. The highest BCUT2D eigenvalue weighted by Gasteiger charge is 2.11. The number of ether oxygens (including phenoxy) is 1. The summed E-state index contributed by atoms with van der Waals surface area (Å²) in [6, 6.07) is 10.0. The van der Waals surface area contributed by atoms with Crippen molar-refractivity contribution in [3.63, 3.8) is 0 Å². The number of carboxylic acids is 1. The van der Waals surface area contributed by atoms with Crippen molar-refractivity contribution >= 4 is 17.6 Å². The Bertz CT molecular complexity index is 631. The Balaban J connectivity index is 1.98. The summed E-state index contributed by atoms with van der Waals surface area (Å²) in [6.07, 6.45) is 1.56. The molecule has 0 bridgehead atoms. The van der Waals surface area contributed by atoms with E-state index in [1.54, 1.807) is 36.5 Å². The molecule has 2 aromatic rings. The molecule has 0 unspecified atom stereocenters. The van der Waals surface area contributed by atoms with Crippen LogP contribution in [0.3, 0.4) is 0 Å². The molecule has 0 fully saturated rings. The van der Waals surface area contributed by atoms with E-state index in [1.807, 2.05) is 6.92 Å². The summed E-state index contributed by atoms with van der Waals surface area (Å²) in [6.45, 7) is 2.42. The Labute approximate surface area is 122 Å². The van der Waals surface area contributed by atoms with Crippen molar-refractivity contribution in [1.82, 2.24) is 4.57 Å². The Kier molecular flexibility index (Phi) is 4.61. The minimum atomic E-state index is -1.06. The molecule has 0 aliphatic heterocycles. The molecule has 6 heteroatoms. The van der Waals surface area contributed by atoms with Crippen LogP contribution in [0.25, 0.3) is 0 Å². The Morgan fingerprint density at radius 3 is 2.57 bits per heavy atom. The van der Waals surface area contributed by atoms with Gasteiger partial charge in [-0.1, -0.05) is 0 Å². The molecule has 0 spiro atoms. The van der Waals surface area contributed by atoms with Crippen LogP contribution in [0.2, 0.25) is 0 Å². The van der Waals surface area contributed by atoms with Crippen molar-refractivity contribution in [3.05, 3.63) is 48.3 Å². The number of carbonyl (C=O) groups excluding carboxylic acids is 1. The lowest BCUT2D eigenvalue weighted by molar-refractivity contribution is -0.116. The van der Waals surface area contributed by atoms with Gasteiger partial charge in [0, 0.05) is 11.9 Å². The van der Waals surface area contributed by atoms with E-state index in [9.17, 15) is 9.59 Å². The van der Waals surface area contributed by atoms with Crippen LogP contribution in [0.5, 0.6) is 5.75 Å². The highest BCUT2D eigenvalue weighted by Crippen LogP contribution is 2.15. The average molecular weight is 288 g/mol. The molecule has 0 aliphatic carbocycles. The quantitative estimate of drug-likeness (QED) is 0.854. The summed E-state index contributed by atoms with van der Waals surface area (Å²) < 4.78 is 6.69. The van der Waals surface area contributed by atoms with Crippen molar-refractivity contribution < 1.29 is 19.4 Å². The zero-order valence-electron chi connectivity index (χ0n) is 11.6. The van der Waals surface area contributed by atoms with Gasteiger partial charge in [0.2, 0.25) is 5.91 Å². The Morgan fingerprint density at radius 1 is 1.24 bits per heavy atom. The van der Waals surface area contributed by atoms with Crippen LogP contribution in [0, 0.1) is 0 Å². The predicted octanol–water partition coefficient (Wildman–Crippen LogP) is 2.22. The molecule has 0 saturated carbocycles. The van der Waals surface area contributed by atoms with Gasteiger partial charge >= 0.3 is 5.97 Å². The van der Waals surface area contributed by atoms with E-state index in [-0.39, 0.29) is 18.1 Å². The minimum Gasteiger partial charge on any atom is -0.494 e. The molecule has 1 aromatic carbocycles. The van der Waals surface area contributed by atoms with E-state index in [4.69, 9.17) is 9.84 Å². The molecule has 0 radical (unpaired) electrons. The number of benzene rings is 1. The highest BCUT2D eigenvalue weighted by atomic mass is 16.5. The number of carbonyl (C=O) groups is 2. The number of hydrogen-bond acceptors (Lipinski definition) is 3. The van der Waals surface area contributed by atoms with Gasteiger partial charge in [0.15, 0.2) is 0 Å². The highest BCUT2D eigenvalue weighted by molar-refractivity contribution is 5.92. The summed E-state index contributed by atoms with van der Waals surface area (Å²) in [5.74, 6) is -0.624. The molecular weight excluding hydrogens is 272 g/mol. The molecule has 1 heterocycles. The van der Waals surface area contributed by atoms with Crippen LogP contribution in [-0.2, 0) is 11.3 Å². The lowest BCUT2D eigenvalue weighted by Gasteiger charge is -2.09. The Hall–Kier alpha value is -2.76. The molecule has 2 N–H and O–H groups in total. The number of amides is 1. The zero-order valence-corrected chi connectivity index (χ0v) is 11.6. The second-order valence-corrected chi connectivity index (χ2v) is 4.33. The normalized spacial score (nSPS) is 10.1. The molecule has 1 amide bonds. The van der Waals surface area contributed by atoms with Gasteiger partial charge in [0.25, 0.3) is 0 Å². The van der Waals surface area contributed by atoms with Gasteiger partial charge in [-0.3, -0.25) is 4.79 Å². The number of nitrogens with zero attached hydrogens (tertiary/aromatic N) is 1. The van der Waals surface area contributed by atoms with E-state index >= 15 is 0 Å². The largest absolute Gasteiger partial charge is 0.494 e. The van der Waals surface area contributed by atoms with Crippen molar-refractivity contribution in [2.75, 3.05) is 11.9 Å². The summed E-state index contributed by atoms with van der Waals surface area (Å²) in [4.78, 5) is 22.9. The summed E-state index contributed by atoms with van der Waals surface area (Å²) in [5.41, 5.74) is 0.712. The van der Waals surface area contributed by atoms with Crippen LogP contribution in [0.4, 0.5) is 5.69 Å². The van der Waals surface area contributed by atoms with Crippen molar-refractivity contribution in [1.29, 1.82) is 0 Å². The third-order valence-electron chi connectivity index (χ3n) is 2.81. The molecular formula is C15H16N2O4. The monoisotopic (exact) mass is 288 g/mol. The summed E-state index contributed by atoms with van der Waals surface area (Å²) in [5, 5.41) is 11.7. The number of aromatic carboxylic acids is 1. The molecule has 1 aromatic heterocycles. The SMILES string of the molecule is CCOc1ccc(NC(=O)Cn2cccc2C(=O)O)cc1. The predicted molar refractivity (Wildman–Crippen MR) is 77.6 cm³/mol. The third-order valence-corrected chi connectivity index (χ3v) is 2.81. The van der Waals surface area contributed by atoms with Crippen LogP contribution < -0.4 is 10.1 Å². The van der Waals surface area contributed by atoms with E-state index in [0.29, 0.717) is 12.3 Å². The molecule has 0 aliphatic rings. The van der Waals surface area contributed by atoms with Gasteiger partial charge in [-0.15, -0.1) is 0 Å². The third kappa shape index (κ3) is 3.85. The average Bonchev–Trinajstić information content (AvgIpc) is 2.89. The first kappa shape index (κ1) is 14.6. The molecule has 21 heavy (non-hydrogen) atoms. The van der Waals surface area contributed by atoms with Gasteiger partial charge in [-0.05, 0) is 43.3 Å². The standard InChI is InChI=1S/C15H16N2O4/c1-2-21-12-7-5-11(6-8-12)16-14(18)10-17-9-3-4-13(17)15(19)20/h3-9H,2,10H2,1H3,(H,16,18)(H,19,20). The number of carboxylic acid groups (broad SMARTS) is 1. The number of rotatable bonds is 6. The van der Waals surface area contributed by atoms with E-state index in [1.165, 1.54) is 10.6 Å². The number of nitrogens with one attached hydrogen (secondary N) is 1. The van der Waals surface area contributed by atoms with Gasteiger partial charge in [0.05, 0.1) is 6.61 Å². The maximum absolute atomic E-state index is 11.9. The molecule has 0 atom stereocenters. The fourth-order valence-corrected chi connectivity index (χ4v) is 1.90. The minimum absolute atomic E-state index is 0.0537. The lowest BCUT2D eigenvalue weighted by atomic mass is 10.3. The van der Waals surface area contributed by atoms with Crippen LogP contribution in [0.1, 0.15) is 17.4 Å². The molecule has 0 saturated heterocycles. The van der Waals surface area contributed by atoms with Crippen LogP contribution in [-0.4, -0.2) is 28.2 Å². The van der Waals surface area contributed by atoms with Crippen molar-refractivity contribution in [2.45, 2.75) is 13.5 Å². The maximum Gasteiger partial charge on any atom is 0.352 e. The summed E-state index contributed by atoms with van der Waals surface area (Å²) >= 11 is 0. The van der Waals surface area contributed by atoms with Gasteiger partial charge < -0.3 is 19.7 Å². The second kappa shape index (κ2) is 6.60. The van der Waals surface area contributed by atoms with Gasteiger partial charge in [-0.2, -0.15) is 0 Å². The van der Waals surface area contributed by atoms with Crippen molar-refractivity contribution in [2.24, 2.45) is 0 Å². The Morgan fingerprint density at radius 2 is 1.95 bits per heavy atom. The zero-order chi connectivity index (χ0) is 15.2. The first-order valence-corrected chi connectivity index (χ1v) is 6.51. The smallest absolute Gasteiger partial charge is 0.352 e. The van der Waals surface area contributed by atoms with Gasteiger partial charge in [-0.25, -0.2) is 4.79 Å². The maximum atomic E-state index is 11.9. The fourth-order valence-electron chi connectivity index (χ4n) is 1.90. The van der Waals surface area contributed by atoms with Crippen molar-refractivity contribution in [3.8, 4) is 5.75 Å². The molecule has 6 nitrogen and oxygen atoms in total.